The van der Waals surface area contributed by atoms with Crippen LogP contribution in [0.15, 0.2) is 30.6 Å². The number of aromatic nitrogens is 2. The fourth-order valence-electron chi connectivity index (χ4n) is 1.92. The molecule has 1 aromatic heterocycles. The molecular weight excluding hydrogens is 328 g/mol. The first-order valence-corrected chi connectivity index (χ1v) is 7.26. The van der Waals surface area contributed by atoms with Gasteiger partial charge in [-0.25, -0.2) is 14.8 Å². The number of ether oxygens (including phenoxy) is 3. The quantitative estimate of drug-likeness (QED) is 0.749. The van der Waals surface area contributed by atoms with Crippen molar-refractivity contribution in [2.75, 3.05) is 25.3 Å². The Labute approximate surface area is 144 Å². The third-order valence-corrected chi connectivity index (χ3v) is 3.24. The van der Waals surface area contributed by atoms with Gasteiger partial charge in [-0.1, -0.05) is 0 Å². The smallest absolute Gasteiger partial charge is 0.361 e. The van der Waals surface area contributed by atoms with Crippen molar-refractivity contribution < 1.29 is 23.8 Å². The Morgan fingerprint density at radius 1 is 1.16 bits per heavy atom. The molecule has 3 N–H and O–H groups in total. The Hall–Kier alpha value is -3.36. The minimum atomic E-state index is -1.09. The van der Waals surface area contributed by atoms with Gasteiger partial charge in [0, 0.05) is 18.5 Å². The zero-order valence-electron chi connectivity index (χ0n) is 14.0. The summed E-state index contributed by atoms with van der Waals surface area (Å²) in [5.74, 6) is -0.498. The summed E-state index contributed by atoms with van der Waals surface area (Å²) in [5, 5.41) is 2.62. The maximum absolute atomic E-state index is 12.3. The Morgan fingerprint density at radius 2 is 1.88 bits per heavy atom. The summed E-state index contributed by atoms with van der Waals surface area (Å²) in [5.41, 5.74) is 5.79. The van der Waals surface area contributed by atoms with Gasteiger partial charge in [-0.2, -0.15) is 0 Å². The predicted octanol–water partition coefficient (Wildman–Crippen LogP) is 1.26. The molecule has 0 aliphatic rings. The zero-order chi connectivity index (χ0) is 18.4. The molecule has 0 aliphatic heterocycles. The van der Waals surface area contributed by atoms with Gasteiger partial charge in [0.05, 0.1) is 19.9 Å². The summed E-state index contributed by atoms with van der Waals surface area (Å²) >= 11 is 0. The lowest BCUT2D eigenvalue weighted by Crippen LogP contribution is -2.30. The van der Waals surface area contributed by atoms with Crippen LogP contribution < -0.4 is 20.5 Å². The van der Waals surface area contributed by atoms with Crippen LogP contribution in [0, 0.1) is 0 Å². The second-order valence-corrected chi connectivity index (χ2v) is 4.89. The highest BCUT2D eigenvalue weighted by Gasteiger charge is 2.22. The number of nitrogen functional groups attached to an aromatic ring is 1. The summed E-state index contributed by atoms with van der Waals surface area (Å²) in [7, 11) is 2.97. The molecule has 1 unspecified atom stereocenters. The highest BCUT2D eigenvalue weighted by Crippen LogP contribution is 2.29. The second-order valence-electron chi connectivity index (χ2n) is 4.89. The number of nitrogens with one attached hydrogen (secondary N) is 1. The average Bonchev–Trinajstić information content (AvgIpc) is 2.61. The number of benzene rings is 1. The van der Waals surface area contributed by atoms with Gasteiger partial charge in [-0.05, 0) is 19.1 Å². The standard InChI is InChI=1S/C16H18N4O5/c1-9(25-16(22)13-14(17)19-7-6-18-13)15(21)20-11-8-10(23-2)4-5-12(11)24-3/h4-9H,1-3H3,(H2,17,19)(H,20,21). The minimum absolute atomic E-state index is 0.0745. The lowest BCUT2D eigenvalue weighted by molar-refractivity contribution is -0.123. The van der Waals surface area contributed by atoms with E-state index in [1.165, 1.54) is 33.5 Å². The number of esters is 1. The van der Waals surface area contributed by atoms with Crippen molar-refractivity contribution in [2.24, 2.45) is 0 Å². The van der Waals surface area contributed by atoms with E-state index in [0.717, 1.165) is 0 Å². The van der Waals surface area contributed by atoms with Crippen LogP contribution in [0.5, 0.6) is 11.5 Å². The molecule has 0 bridgehead atoms. The number of nitrogens with two attached hydrogens (primary N) is 1. The summed E-state index contributed by atoms with van der Waals surface area (Å²) in [6.45, 7) is 1.42. The molecule has 0 saturated heterocycles. The maximum Gasteiger partial charge on any atom is 0.361 e. The molecular formula is C16H18N4O5. The normalized spacial score (nSPS) is 11.3. The maximum atomic E-state index is 12.3. The molecule has 1 aromatic carbocycles. The molecule has 0 spiro atoms. The van der Waals surface area contributed by atoms with Crippen molar-refractivity contribution in [1.82, 2.24) is 9.97 Å². The van der Waals surface area contributed by atoms with Gasteiger partial charge in [-0.15, -0.1) is 0 Å². The molecule has 25 heavy (non-hydrogen) atoms. The minimum Gasteiger partial charge on any atom is -0.497 e. The van der Waals surface area contributed by atoms with E-state index < -0.39 is 18.0 Å². The van der Waals surface area contributed by atoms with Crippen molar-refractivity contribution >= 4 is 23.4 Å². The van der Waals surface area contributed by atoms with E-state index in [1.54, 1.807) is 18.2 Å². The van der Waals surface area contributed by atoms with E-state index in [0.29, 0.717) is 17.2 Å². The number of hydrogen-bond acceptors (Lipinski definition) is 8. The van der Waals surface area contributed by atoms with Crippen molar-refractivity contribution in [3.8, 4) is 11.5 Å². The first-order chi connectivity index (χ1) is 12.0. The van der Waals surface area contributed by atoms with E-state index in [2.05, 4.69) is 15.3 Å². The first-order valence-electron chi connectivity index (χ1n) is 7.26. The molecule has 0 fully saturated rings. The highest BCUT2D eigenvalue weighted by atomic mass is 16.5. The number of carbonyl (C=O) groups is 2. The number of amides is 1. The molecule has 0 saturated carbocycles. The van der Waals surface area contributed by atoms with Crippen LogP contribution in [0.3, 0.4) is 0 Å². The van der Waals surface area contributed by atoms with Crippen LogP contribution in [-0.2, 0) is 9.53 Å². The topological polar surface area (TPSA) is 126 Å². The second kappa shape index (κ2) is 7.95. The van der Waals surface area contributed by atoms with Gasteiger partial charge in [-0.3, -0.25) is 4.79 Å². The van der Waals surface area contributed by atoms with Crippen LogP contribution in [-0.4, -0.2) is 42.2 Å². The molecule has 1 heterocycles. The Kier molecular flexibility index (Phi) is 5.72. The van der Waals surface area contributed by atoms with Gasteiger partial charge in [0.1, 0.15) is 11.5 Å². The Morgan fingerprint density at radius 3 is 2.52 bits per heavy atom. The van der Waals surface area contributed by atoms with E-state index >= 15 is 0 Å². The van der Waals surface area contributed by atoms with E-state index in [9.17, 15) is 9.59 Å². The number of carbonyl (C=O) groups excluding carboxylic acids is 2. The molecule has 1 amide bonds. The van der Waals surface area contributed by atoms with E-state index in [4.69, 9.17) is 19.9 Å². The number of rotatable bonds is 6. The lowest BCUT2D eigenvalue weighted by Gasteiger charge is -2.16. The average molecular weight is 346 g/mol. The van der Waals surface area contributed by atoms with Crippen molar-refractivity contribution in [3.05, 3.63) is 36.3 Å². The summed E-state index contributed by atoms with van der Waals surface area (Å²) < 4.78 is 15.4. The van der Waals surface area contributed by atoms with E-state index in [-0.39, 0.29) is 11.5 Å². The Balaban J connectivity index is 2.08. The molecule has 132 valence electrons. The summed E-state index contributed by atoms with van der Waals surface area (Å²) in [4.78, 5) is 31.8. The van der Waals surface area contributed by atoms with Crippen LogP contribution in [0.25, 0.3) is 0 Å². The van der Waals surface area contributed by atoms with Crippen molar-refractivity contribution in [1.29, 1.82) is 0 Å². The number of hydrogen-bond donors (Lipinski definition) is 2. The van der Waals surface area contributed by atoms with Crippen LogP contribution >= 0.6 is 0 Å². The van der Waals surface area contributed by atoms with Crippen molar-refractivity contribution in [3.63, 3.8) is 0 Å². The molecule has 9 heteroatoms. The summed E-state index contributed by atoms with van der Waals surface area (Å²) in [6, 6.07) is 4.92. The molecule has 0 radical (unpaired) electrons. The van der Waals surface area contributed by atoms with E-state index in [1.807, 2.05) is 0 Å². The van der Waals surface area contributed by atoms with Crippen LogP contribution in [0.2, 0.25) is 0 Å². The fourth-order valence-corrected chi connectivity index (χ4v) is 1.92. The third-order valence-electron chi connectivity index (χ3n) is 3.24. The van der Waals surface area contributed by atoms with Gasteiger partial charge in [0.25, 0.3) is 5.91 Å². The number of methoxy groups -OCH3 is 2. The lowest BCUT2D eigenvalue weighted by atomic mass is 10.2. The predicted molar refractivity (Wildman–Crippen MR) is 89.5 cm³/mol. The van der Waals surface area contributed by atoms with Gasteiger partial charge in [0.2, 0.25) is 0 Å². The Bertz CT molecular complexity index is 781. The zero-order valence-corrected chi connectivity index (χ0v) is 14.0. The first kappa shape index (κ1) is 18.0. The van der Waals surface area contributed by atoms with Gasteiger partial charge >= 0.3 is 5.97 Å². The molecule has 9 nitrogen and oxygen atoms in total. The third kappa shape index (κ3) is 4.34. The van der Waals surface area contributed by atoms with Crippen LogP contribution in [0.1, 0.15) is 17.4 Å². The molecule has 2 aromatic rings. The monoisotopic (exact) mass is 346 g/mol. The fraction of sp³-hybridized carbons (Fsp3) is 0.250. The molecule has 0 aliphatic carbocycles. The SMILES string of the molecule is COc1ccc(OC)c(NC(=O)C(C)OC(=O)c2nccnc2N)c1. The highest BCUT2D eigenvalue weighted by molar-refractivity contribution is 5.98. The number of anilines is 2. The van der Waals surface area contributed by atoms with Gasteiger partial charge in [0.15, 0.2) is 17.6 Å². The van der Waals surface area contributed by atoms with Gasteiger partial charge < -0.3 is 25.3 Å². The molecule has 1 atom stereocenters. The van der Waals surface area contributed by atoms with Crippen LogP contribution in [0.4, 0.5) is 11.5 Å². The van der Waals surface area contributed by atoms with Crippen molar-refractivity contribution in [2.45, 2.75) is 13.0 Å². The number of nitrogens with zero attached hydrogens (tertiary/aromatic N) is 2. The summed E-state index contributed by atoms with van der Waals surface area (Å²) in [6.07, 6.45) is 1.56. The molecule has 2 rings (SSSR count). The largest absolute Gasteiger partial charge is 0.497 e.